The number of halogens is 1. The molecule has 4 heteroatoms. The Balaban J connectivity index is 2.98. The first-order valence-electron chi connectivity index (χ1n) is 5.83. The second-order valence-corrected chi connectivity index (χ2v) is 5.46. The van der Waals surface area contributed by atoms with Crippen LogP contribution in [0.15, 0.2) is 12.1 Å². The van der Waals surface area contributed by atoms with Crippen LogP contribution in [0.4, 0.5) is 10.2 Å². The van der Waals surface area contributed by atoms with E-state index in [0.29, 0.717) is 5.82 Å². The third-order valence-corrected chi connectivity index (χ3v) is 2.86. The highest BCUT2D eigenvalue weighted by molar-refractivity contribution is 5.39. The van der Waals surface area contributed by atoms with Gasteiger partial charge in [-0.2, -0.15) is 4.39 Å². The third kappa shape index (κ3) is 3.66. The number of aliphatic hydroxyl groups is 1. The first-order chi connectivity index (χ1) is 7.65. The Labute approximate surface area is 102 Å². The lowest BCUT2D eigenvalue weighted by atomic mass is 9.99. The van der Waals surface area contributed by atoms with Crippen LogP contribution in [0.3, 0.4) is 0 Å². The van der Waals surface area contributed by atoms with Crippen molar-refractivity contribution in [3.05, 3.63) is 23.6 Å². The normalized spacial score (nSPS) is 12.6. The van der Waals surface area contributed by atoms with Gasteiger partial charge in [0.2, 0.25) is 5.95 Å². The summed E-state index contributed by atoms with van der Waals surface area (Å²) in [6.07, 6.45) is 0.906. The van der Waals surface area contributed by atoms with Gasteiger partial charge in [0.15, 0.2) is 0 Å². The molecule has 0 aliphatic rings. The fraction of sp³-hybridized carbons (Fsp3) is 0.615. The molecule has 1 aromatic rings. The summed E-state index contributed by atoms with van der Waals surface area (Å²) in [7, 11) is 0. The Bertz CT molecular complexity index is 397. The van der Waals surface area contributed by atoms with Gasteiger partial charge in [-0.15, -0.1) is 0 Å². The van der Waals surface area contributed by atoms with Crippen molar-refractivity contribution in [2.45, 2.75) is 52.2 Å². The third-order valence-electron chi connectivity index (χ3n) is 2.86. The van der Waals surface area contributed by atoms with E-state index in [2.05, 4.69) is 17.2 Å². The number of pyridine rings is 1. The van der Waals surface area contributed by atoms with Gasteiger partial charge < -0.3 is 10.4 Å². The van der Waals surface area contributed by atoms with E-state index in [1.165, 1.54) is 13.8 Å². The van der Waals surface area contributed by atoms with Crippen LogP contribution in [-0.4, -0.2) is 15.6 Å². The van der Waals surface area contributed by atoms with Gasteiger partial charge in [0.05, 0.1) is 5.60 Å². The Morgan fingerprint density at radius 3 is 2.29 bits per heavy atom. The van der Waals surface area contributed by atoms with E-state index in [-0.39, 0.29) is 11.1 Å². The molecule has 3 nitrogen and oxygen atoms in total. The lowest BCUT2D eigenvalue weighted by molar-refractivity contribution is 0.0737. The molecule has 0 amide bonds. The first-order valence-corrected chi connectivity index (χ1v) is 5.83. The average molecular weight is 240 g/mol. The Morgan fingerprint density at radius 2 is 1.88 bits per heavy atom. The maximum absolute atomic E-state index is 13.7. The van der Waals surface area contributed by atoms with Crippen LogP contribution in [0, 0.1) is 5.95 Å². The summed E-state index contributed by atoms with van der Waals surface area (Å²) in [5, 5.41) is 12.9. The zero-order chi connectivity index (χ0) is 13.3. The highest BCUT2D eigenvalue weighted by Crippen LogP contribution is 2.24. The first kappa shape index (κ1) is 13.9. The summed E-state index contributed by atoms with van der Waals surface area (Å²) in [4.78, 5) is 3.83. The summed E-state index contributed by atoms with van der Waals surface area (Å²) < 4.78 is 13.7. The van der Waals surface area contributed by atoms with E-state index in [1.54, 1.807) is 12.1 Å². The van der Waals surface area contributed by atoms with Crippen molar-refractivity contribution in [3.63, 3.8) is 0 Å². The van der Waals surface area contributed by atoms with Crippen molar-refractivity contribution in [1.82, 2.24) is 4.98 Å². The van der Waals surface area contributed by atoms with Crippen LogP contribution in [-0.2, 0) is 5.60 Å². The number of hydrogen-bond donors (Lipinski definition) is 2. The van der Waals surface area contributed by atoms with Gasteiger partial charge in [-0.1, -0.05) is 6.92 Å². The molecular formula is C13H21FN2O. The molecule has 0 atom stereocenters. The second kappa shape index (κ2) is 4.61. The number of hydrogen-bond acceptors (Lipinski definition) is 3. The topological polar surface area (TPSA) is 45.1 Å². The van der Waals surface area contributed by atoms with Crippen LogP contribution < -0.4 is 5.32 Å². The molecule has 0 unspecified atom stereocenters. The van der Waals surface area contributed by atoms with E-state index in [0.717, 1.165) is 6.42 Å². The van der Waals surface area contributed by atoms with E-state index in [9.17, 15) is 9.50 Å². The van der Waals surface area contributed by atoms with Crippen molar-refractivity contribution >= 4 is 5.82 Å². The molecule has 0 spiro atoms. The van der Waals surface area contributed by atoms with Crippen LogP contribution in [0.25, 0.3) is 0 Å². The van der Waals surface area contributed by atoms with Gasteiger partial charge in [0.1, 0.15) is 5.82 Å². The predicted octanol–water partition coefficient (Wildman–Crippen LogP) is 3.05. The van der Waals surface area contributed by atoms with Crippen molar-refractivity contribution < 1.29 is 9.50 Å². The molecule has 0 aliphatic heterocycles. The predicted molar refractivity (Wildman–Crippen MR) is 67.4 cm³/mol. The van der Waals surface area contributed by atoms with Crippen molar-refractivity contribution in [1.29, 1.82) is 0 Å². The SMILES string of the molecule is CCC(C)(C)Nc1ccc(C(C)(C)O)c(F)n1. The molecule has 0 fully saturated rings. The number of nitrogens with one attached hydrogen (secondary N) is 1. The molecule has 0 saturated heterocycles. The van der Waals surface area contributed by atoms with Gasteiger partial charge in [0, 0.05) is 11.1 Å². The van der Waals surface area contributed by atoms with E-state index < -0.39 is 11.5 Å². The zero-order valence-corrected chi connectivity index (χ0v) is 11.1. The monoisotopic (exact) mass is 240 g/mol. The minimum absolute atomic E-state index is 0.129. The maximum atomic E-state index is 13.7. The molecule has 0 aliphatic carbocycles. The molecule has 2 N–H and O–H groups in total. The van der Waals surface area contributed by atoms with Gasteiger partial charge in [0.25, 0.3) is 0 Å². The van der Waals surface area contributed by atoms with Crippen LogP contribution >= 0.6 is 0 Å². The number of anilines is 1. The van der Waals surface area contributed by atoms with Gasteiger partial charge in [-0.05, 0) is 46.2 Å². The Morgan fingerprint density at radius 1 is 1.29 bits per heavy atom. The largest absolute Gasteiger partial charge is 0.386 e. The molecule has 1 rings (SSSR count). The molecule has 1 heterocycles. The highest BCUT2D eigenvalue weighted by Gasteiger charge is 2.22. The summed E-state index contributed by atoms with van der Waals surface area (Å²) in [5.41, 5.74) is -1.14. The Kier molecular flexibility index (Phi) is 3.77. The van der Waals surface area contributed by atoms with Crippen molar-refractivity contribution in [2.75, 3.05) is 5.32 Å². The summed E-state index contributed by atoms with van der Waals surface area (Å²) in [5.74, 6) is -0.142. The molecule has 0 bridgehead atoms. The molecular weight excluding hydrogens is 219 g/mol. The molecule has 96 valence electrons. The van der Waals surface area contributed by atoms with Crippen LogP contribution in [0.1, 0.15) is 46.6 Å². The molecule has 0 aromatic carbocycles. The van der Waals surface area contributed by atoms with E-state index in [4.69, 9.17) is 0 Å². The molecule has 0 radical (unpaired) electrons. The summed E-state index contributed by atoms with van der Waals surface area (Å²) in [6, 6.07) is 3.25. The van der Waals surface area contributed by atoms with E-state index in [1.807, 2.05) is 13.8 Å². The molecule has 17 heavy (non-hydrogen) atoms. The van der Waals surface area contributed by atoms with Crippen LogP contribution in [0.5, 0.6) is 0 Å². The molecule has 0 saturated carbocycles. The minimum atomic E-state index is -1.21. The average Bonchev–Trinajstić information content (AvgIpc) is 2.15. The number of nitrogens with zero attached hydrogens (tertiary/aromatic N) is 1. The summed E-state index contributed by atoms with van der Waals surface area (Å²) >= 11 is 0. The van der Waals surface area contributed by atoms with Crippen molar-refractivity contribution in [3.8, 4) is 0 Å². The highest BCUT2D eigenvalue weighted by atomic mass is 19.1. The smallest absolute Gasteiger partial charge is 0.220 e. The fourth-order valence-electron chi connectivity index (χ4n) is 1.40. The lowest BCUT2D eigenvalue weighted by Gasteiger charge is -2.26. The number of rotatable bonds is 4. The summed E-state index contributed by atoms with van der Waals surface area (Å²) in [6.45, 7) is 9.17. The minimum Gasteiger partial charge on any atom is -0.386 e. The van der Waals surface area contributed by atoms with E-state index >= 15 is 0 Å². The van der Waals surface area contributed by atoms with Gasteiger partial charge in [-0.25, -0.2) is 4.98 Å². The zero-order valence-electron chi connectivity index (χ0n) is 11.1. The standard InChI is InChI=1S/C13H21FN2O/c1-6-12(2,3)16-10-8-7-9(11(14)15-10)13(4,5)17/h7-8,17H,6H2,1-5H3,(H,15,16). The van der Waals surface area contributed by atoms with Crippen LogP contribution in [0.2, 0.25) is 0 Å². The van der Waals surface area contributed by atoms with Gasteiger partial charge >= 0.3 is 0 Å². The Hall–Kier alpha value is -1.16. The van der Waals surface area contributed by atoms with Gasteiger partial charge in [-0.3, -0.25) is 0 Å². The second-order valence-electron chi connectivity index (χ2n) is 5.46. The fourth-order valence-corrected chi connectivity index (χ4v) is 1.40. The maximum Gasteiger partial charge on any atom is 0.220 e. The quantitative estimate of drug-likeness (QED) is 0.795. The van der Waals surface area contributed by atoms with Crippen molar-refractivity contribution in [2.24, 2.45) is 0 Å². The molecule has 1 aromatic heterocycles. The number of aromatic nitrogens is 1. The lowest BCUT2D eigenvalue weighted by Crippen LogP contribution is -2.30.